The third-order valence-electron chi connectivity index (χ3n) is 3.20. The van der Waals surface area contributed by atoms with Crippen LogP contribution in [0, 0.1) is 27.2 Å². The molecule has 1 aromatic carbocycles. The van der Waals surface area contributed by atoms with Crippen LogP contribution >= 0.6 is 0 Å². The van der Waals surface area contributed by atoms with Crippen molar-refractivity contribution in [2.45, 2.75) is 13.5 Å². The molecule has 0 unspecified atom stereocenters. The van der Waals surface area contributed by atoms with Gasteiger partial charge < -0.3 is 5.32 Å². The Morgan fingerprint density at radius 1 is 1.29 bits per heavy atom. The van der Waals surface area contributed by atoms with Crippen LogP contribution in [0.3, 0.4) is 0 Å². The number of aromatic nitrogens is 2. The summed E-state index contributed by atoms with van der Waals surface area (Å²) in [4.78, 5) is 20.4. The topological polar surface area (TPSA) is 116 Å². The first kappa shape index (κ1) is 14.4. The summed E-state index contributed by atoms with van der Waals surface area (Å²) in [6.07, 6.45) is 1.67. The summed E-state index contributed by atoms with van der Waals surface area (Å²) in [6.45, 7) is 2.23. The number of benzene rings is 1. The Morgan fingerprint density at radius 3 is 2.52 bits per heavy atom. The van der Waals surface area contributed by atoms with E-state index in [1.165, 1.54) is 12.1 Å². The van der Waals surface area contributed by atoms with Crippen molar-refractivity contribution in [2.75, 3.05) is 5.32 Å². The van der Waals surface area contributed by atoms with Crippen LogP contribution in [0.1, 0.15) is 11.3 Å². The highest BCUT2D eigenvalue weighted by Gasteiger charge is 2.19. The Labute approximate surface area is 119 Å². The number of nitrogens with zero attached hydrogens (tertiary/aromatic N) is 4. The molecular weight excluding hydrogens is 278 g/mol. The second kappa shape index (κ2) is 5.57. The van der Waals surface area contributed by atoms with Gasteiger partial charge in [0.1, 0.15) is 5.69 Å². The monoisotopic (exact) mass is 291 g/mol. The zero-order valence-electron chi connectivity index (χ0n) is 11.4. The Balaban J connectivity index is 2.25. The van der Waals surface area contributed by atoms with Crippen molar-refractivity contribution in [3.05, 3.63) is 55.9 Å². The predicted molar refractivity (Wildman–Crippen MR) is 75.0 cm³/mol. The molecule has 0 bridgehead atoms. The molecule has 0 spiro atoms. The minimum absolute atomic E-state index is 0.230. The molecule has 0 atom stereocenters. The van der Waals surface area contributed by atoms with Crippen LogP contribution in [0.15, 0.2) is 24.4 Å². The molecule has 0 saturated heterocycles. The molecule has 9 nitrogen and oxygen atoms in total. The molecule has 1 N–H and O–H groups in total. The zero-order chi connectivity index (χ0) is 15.6. The van der Waals surface area contributed by atoms with Gasteiger partial charge in [0.05, 0.1) is 22.1 Å². The third kappa shape index (κ3) is 2.96. The molecule has 0 saturated carbocycles. The molecule has 21 heavy (non-hydrogen) atoms. The first-order valence-corrected chi connectivity index (χ1v) is 6.04. The molecule has 110 valence electrons. The van der Waals surface area contributed by atoms with Gasteiger partial charge in [-0.2, -0.15) is 5.10 Å². The molecule has 0 aliphatic carbocycles. The summed E-state index contributed by atoms with van der Waals surface area (Å²) in [5.74, 6) is 0. The SMILES string of the molecule is Cc1c(CNc2ccc([N+](=O)[O-])cc2[N+](=O)[O-])cnn1C. The minimum Gasteiger partial charge on any atom is -0.375 e. The number of aryl methyl sites for hydroxylation is 1. The van der Waals surface area contributed by atoms with E-state index >= 15 is 0 Å². The molecule has 2 aromatic rings. The average Bonchev–Trinajstić information content (AvgIpc) is 2.76. The van der Waals surface area contributed by atoms with Gasteiger partial charge in [-0.3, -0.25) is 24.9 Å². The standard InChI is InChI=1S/C12H13N5O4/c1-8-9(7-14-15(8)2)6-13-11-4-3-10(16(18)19)5-12(11)17(20)21/h3-5,7,13H,6H2,1-2H3. The van der Waals surface area contributed by atoms with E-state index in [1.54, 1.807) is 17.9 Å². The maximum atomic E-state index is 11.0. The third-order valence-corrected chi connectivity index (χ3v) is 3.20. The van der Waals surface area contributed by atoms with Crippen LogP contribution in [0.4, 0.5) is 17.1 Å². The summed E-state index contributed by atoms with van der Waals surface area (Å²) < 4.78 is 1.70. The Hall–Kier alpha value is -2.97. The Kier molecular flexibility index (Phi) is 3.83. The Bertz CT molecular complexity index is 710. The summed E-state index contributed by atoms with van der Waals surface area (Å²) in [5, 5.41) is 28.7. The fourth-order valence-electron chi connectivity index (χ4n) is 1.84. The lowest BCUT2D eigenvalue weighted by molar-refractivity contribution is -0.393. The number of hydrogen-bond acceptors (Lipinski definition) is 6. The molecule has 9 heteroatoms. The van der Waals surface area contributed by atoms with Crippen LogP contribution in [-0.4, -0.2) is 19.6 Å². The van der Waals surface area contributed by atoms with E-state index in [9.17, 15) is 20.2 Å². The lowest BCUT2D eigenvalue weighted by atomic mass is 10.2. The summed E-state index contributed by atoms with van der Waals surface area (Å²) >= 11 is 0. The van der Waals surface area contributed by atoms with E-state index in [-0.39, 0.29) is 17.1 Å². The van der Waals surface area contributed by atoms with Gasteiger partial charge in [-0.15, -0.1) is 0 Å². The van der Waals surface area contributed by atoms with Gasteiger partial charge in [0.15, 0.2) is 0 Å². The van der Waals surface area contributed by atoms with E-state index in [0.29, 0.717) is 6.54 Å². The fraction of sp³-hybridized carbons (Fsp3) is 0.250. The largest absolute Gasteiger partial charge is 0.375 e. The highest BCUT2D eigenvalue weighted by Crippen LogP contribution is 2.29. The van der Waals surface area contributed by atoms with Crippen molar-refractivity contribution in [1.29, 1.82) is 0 Å². The van der Waals surface area contributed by atoms with Gasteiger partial charge in [0, 0.05) is 30.9 Å². The molecule has 1 heterocycles. The summed E-state index contributed by atoms with van der Waals surface area (Å²) in [6, 6.07) is 3.51. The van der Waals surface area contributed by atoms with Crippen molar-refractivity contribution in [3.8, 4) is 0 Å². The second-order valence-electron chi connectivity index (χ2n) is 4.45. The molecule has 0 radical (unpaired) electrons. The van der Waals surface area contributed by atoms with Crippen molar-refractivity contribution in [3.63, 3.8) is 0 Å². The zero-order valence-corrected chi connectivity index (χ0v) is 11.4. The van der Waals surface area contributed by atoms with Gasteiger partial charge in [0.25, 0.3) is 11.4 Å². The number of nitro benzene ring substituents is 2. The molecular formula is C12H13N5O4. The summed E-state index contributed by atoms with van der Waals surface area (Å²) in [5.41, 5.74) is 1.42. The van der Waals surface area contributed by atoms with Crippen molar-refractivity contribution < 1.29 is 9.85 Å². The average molecular weight is 291 g/mol. The number of hydrogen-bond donors (Lipinski definition) is 1. The van der Waals surface area contributed by atoms with Gasteiger partial charge in [0.2, 0.25) is 0 Å². The minimum atomic E-state index is -0.665. The van der Waals surface area contributed by atoms with E-state index in [2.05, 4.69) is 10.4 Å². The van der Waals surface area contributed by atoms with E-state index in [1.807, 2.05) is 6.92 Å². The Morgan fingerprint density at radius 2 is 2.00 bits per heavy atom. The van der Waals surface area contributed by atoms with Crippen LogP contribution in [0.25, 0.3) is 0 Å². The van der Waals surface area contributed by atoms with Gasteiger partial charge in [-0.25, -0.2) is 0 Å². The van der Waals surface area contributed by atoms with Crippen LogP contribution < -0.4 is 5.32 Å². The maximum Gasteiger partial charge on any atom is 0.299 e. The maximum absolute atomic E-state index is 11.0. The van der Waals surface area contributed by atoms with Crippen LogP contribution in [0.5, 0.6) is 0 Å². The highest BCUT2D eigenvalue weighted by atomic mass is 16.6. The number of rotatable bonds is 5. The quantitative estimate of drug-likeness (QED) is 0.666. The molecule has 0 aliphatic rings. The first-order chi connectivity index (χ1) is 9.90. The summed E-state index contributed by atoms with van der Waals surface area (Å²) in [7, 11) is 1.80. The van der Waals surface area contributed by atoms with Crippen molar-refractivity contribution in [2.24, 2.45) is 7.05 Å². The smallest absolute Gasteiger partial charge is 0.299 e. The fourth-order valence-corrected chi connectivity index (χ4v) is 1.84. The van der Waals surface area contributed by atoms with E-state index < -0.39 is 9.85 Å². The number of non-ortho nitro benzene ring substituents is 1. The first-order valence-electron chi connectivity index (χ1n) is 6.04. The highest BCUT2D eigenvalue weighted by molar-refractivity contribution is 5.65. The van der Waals surface area contributed by atoms with E-state index in [0.717, 1.165) is 17.3 Å². The normalized spacial score (nSPS) is 10.4. The number of nitrogens with one attached hydrogen (secondary N) is 1. The van der Waals surface area contributed by atoms with Gasteiger partial charge in [-0.05, 0) is 13.0 Å². The molecule has 0 fully saturated rings. The molecule has 2 rings (SSSR count). The van der Waals surface area contributed by atoms with Crippen LogP contribution in [-0.2, 0) is 13.6 Å². The van der Waals surface area contributed by atoms with Crippen LogP contribution in [0.2, 0.25) is 0 Å². The lowest BCUT2D eigenvalue weighted by Gasteiger charge is -2.06. The number of anilines is 1. The molecule has 0 amide bonds. The lowest BCUT2D eigenvalue weighted by Crippen LogP contribution is -2.04. The molecule has 0 aliphatic heterocycles. The number of nitro groups is 2. The second-order valence-corrected chi connectivity index (χ2v) is 4.45. The van der Waals surface area contributed by atoms with Crippen molar-refractivity contribution in [1.82, 2.24) is 9.78 Å². The van der Waals surface area contributed by atoms with Gasteiger partial charge >= 0.3 is 0 Å². The predicted octanol–water partition coefficient (Wildman–Crippen LogP) is 2.16. The molecule has 1 aromatic heterocycles. The van der Waals surface area contributed by atoms with E-state index in [4.69, 9.17) is 0 Å². The van der Waals surface area contributed by atoms with Crippen molar-refractivity contribution >= 4 is 17.1 Å². The van der Waals surface area contributed by atoms with Gasteiger partial charge in [-0.1, -0.05) is 0 Å².